The molecule has 108 valence electrons. The van der Waals surface area contributed by atoms with E-state index in [0.717, 1.165) is 12.8 Å². The summed E-state index contributed by atoms with van der Waals surface area (Å²) in [7, 11) is 0. The van der Waals surface area contributed by atoms with Crippen molar-refractivity contribution in [3.63, 3.8) is 0 Å². The van der Waals surface area contributed by atoms with E-state index in [1.54, 1.807) is 0 Å². The molecule has 0 aromatic rings. The van der Waals surface area contributed by atoms with E-state index >= 15 is 0 Å². The van der Waals surface area contributed by atoms with Crippen LogP contribution in [0.1, 0.15) is 72.1 Å². The van der Waals surface area contributed by atoms with Crippen molar-refractivity contribution in [1.82, 2.24) is 0 Å². The molecule has 0 saturated heterocycles. The van der Waals surface area contributed by atoms with Crippen molar-refractivity contribution in [2.24, 2.45) is 0 Å². The minimum atomic E-state index is -0.549. The Morgan fingerprint density at radius 1 is 0.833 bits per heavy atom. The predicted molar refractivity (Wildman–Crippen MR) is 78.8 cm³/mol. The molecule has 0 N–H and O–H groups in total. The second-order valence-electron chi connectivity index (χ2n) is 4.75. The highest BCUT2D eigenvalue weighted by Gasteiger charge is 2.26. The van der Waals surface area contributed by atoms with E-state index in [1.807, 2.05) is 19.9 Å². The van der Waals surface area contributed by atoms with Crippen LogP contribution in [-0.2, 0) is 9.47 Å². The SMILES string of the molecule is C=CC(CCCCCCCCC)(OCC)OCC. The van der Waals surface area contributed by atoms with E-state index in [4.69, 9.17) is 9.47 Å². The topological polar surface area (TPSA) is 18.5 Å². The summed E-state index contributed by atoms with van der Waals surface area (Å²) in [4.78, 5) is 0. The van der Waals surface area contributed by atoms with Gasteiger partial charge in [0.25, 0.3) is 0 Å². The van der Waals surface area contributed by atoms with Crippen molar-refractivity contribution in [3.8, 4) is 0 Å². The van der Waals surface area contributed by atoms with Gasteiger partial charge in [0.05, 0.1) is 0 Å². The number of rotatable bonds is 13. The van der Waals surface area contributed by atoms with Crippen LogP contribution in [0.4, 0.5) is 0 Å². The van der Waals surface area contributed by atoms with E-state index in [9.17, 15) is 0 Å². The second-order valence-corrected chi connectivity index (χ2v) is 4.75. The molecule has 18 heavy (non-hydrogen) atoms. The molecule has 0 aromatic carbocycles. The van der Waals surface area contributed by atoms with E-state index in [-0.39, 0.29) is 0 Å². The van der Waals surface area contributed by atoms with Crippen LogP contribution in [0, 0.1) is 0 Å². The van der Waals surface area contributed by atoms with E-state index in [1.165, 1.54) is 38.5 Å². The van der Waals surface area contributed by atoms with Gasteiger partial charge in [0.15, 0.2) is 5.79 Å². The largest absolute Gasteiger partial charge is 0.347 e. The quantitative estimate of drug-likeness (QED) is 0.260. The Labute approximate surface area is 114 Å². The smallest absolute Gasteiger partial charge is 0.187 e. The van der Waals surface area contributed by atoms with Crippen LogP contribution in [0.25, 0.3) is 0 Å². The van der Waals surface area contributed by atoms with Crippen LogP contribution in [0.2, 0.25) is 0 Å². The van der Waals surface area contributed by atoms with Crippen molar-refractivity contribution in [3.05, 3.63) is 12.7 Å². The van der Waals surface area contributed by atoms with Gasteiger partial charge < -0.3 is 9.47 Å². The molecule has 0 bridgehead atoms. The Balaban J connectivity index is 3.78. The molecule has 0 unspecified atom stereocenters. The van der Waals surface area contributed by atoms with Crippen LogP contribution in [0.15, 0.2) is 12.7 Å². The fraction of sp³-hybridized carbons (Fsp3) is 0.875. The maximum absolute atomic E-state index is 5.72. The van der Waals surface area contributed by atoms with Gasteiger partial charge in [0.2, 0.25) is 0 Å². The molecule has 0 atom stereocenters. The highest BCUT2D eigenvalue weighted by atomic mass is 16.7. The average Bonchev–Trinajstić information content (AvgIpc) is 2.38. The van der Waals surface area contributed by atoms with Gasteiger partial charge in [-0.3, -0.25) is 0 Å². The highest BCUT2D eigenvalue weighted by molar-refractivity contribution is 4.89. The molecule has 0 rings (SSSR count). The van der Waals surface area contributed by atoms with Crippen LogP contribution < -0.4 is 0 Å². The van der Waals surface area contributed by atoms with Gasteiger partial charge in [-0.25, -0.2) is 0 Å². The minimum Gasteiger partial charge on any atom is -0.347 e. The summed E-state index contributed by atoms with van der Waals surface area (Å²) in [5.41, 5.74) is 0. The zero-order chi connectivity index (χ0) is 13.7. The van der Waals surface area contributed by atoms with Gasteiger partial charge in [-0.15, -0.1) is 0 Å². The average molecular weight is 256 g/mol. The Kier molecular flexibility index (Phi) is 11.5. The zero-order valence-electron chi connectivity index (χ0n) is 12.7. The third-order valence-electron chi connectivity index (χ3n) is 3.22. The molecule has 0 aliphatic heterocycles. The van der Waals surface area contributed by atoms with Gasteiger partial charge in [-0.1, -0.05) is 52.0 Å². The molecular weight excluding hydrogens is 224 g/mol. The van der Waals surface area contributed by atoms with E-state index < -0.39 is 5.79 Å². The molecule has 2 heteroatoms. The fourth-order valence-corrected chi connectivity index (χ4v) is 2.22. The fourth-order valence-electron chi connectivity index (χ4n) is 2.22. The molecule has 0 radical (unpaired) electrons. The Hall–Kier alpha value is -0.340. The van der Waals surface area contributed by atoms with Crippen LogP contribution in [-0.4, -0.2) is 19.0 Å². The predicted octanol–water partition coefficient (Wildman–Crippen LogP) is 5.08. The highest BCUT2D eigenvalue weighted by Crippen LogP contribution is 2.23. The summed E-state index contributed by atoms with van der Waals surface area (Å²) in [5.74, 6) is -0.549. The minimum absolute atomic E-state index is 0.549. The number of ether oxygens (including phenoxy) is 2. The number of hydrogen-bond acceptors (Lipinski definition) is 2. The lowest BCUT2D eigenvalue weighted by Gasteiger charge is -2.30. The summed E-state index contributed by atoms with van der Waals surface area (Å²) in [5, 5.41) is 0. The molecule has 0 amide bonds. The summed E-state index contributed by atoms with van der Waals surface area (Å²) in [6.07, 6.45) is 11.9. The summed E-state index contributed by atoms with van der Waals surface area (Å²) >= 11 is 0. The maximum Gasteiger partial charge on any atom is 0.187 e. The van der Waals surface area contributed by atoms with Gasteiger partial charge in [0, 0.05) is 19.6 Å². The van der Waals surface area contributed by atoms with Crippen molar-refractivity contribution in [2.75, 3.05) is 13.2 Å². The summed E-state index contributed by atoms with van der Waals surface area (Å²) in [6.45, 7) is 11.5. The lowest BCUT2D eigenvalue weighted by atomic mass is 10.0. The lowest BCUT2D eigenvalue weighted by Crippen LogP contribution is -2.33. The third kappa shape index (κ3) is 7.88. The maximum atomic E-state index is 5.72. The summed E-state index contributed by atoms with van der Waals surface area (Å²) in [6, 6.07) is 0. The molecule has 0 spiro atoms. The molecular formula is C16H32O2. The van der Waals surface area contributed by atoms with Gasteiger partial charge in [-0.2, -0.15) is 0 Å². The molecule has 2 nitrogen and oxygen atoms in total. The van der Waals surface area contributed by atoms with Crippen molar-refractivity contribution < 1.29 is 9.47 Å². The Bertz CT molecular complexity index is 184. The Morgan fingerprint density at radius 3 is 1.78 bits per heavy atom. The molecule has 0 saturated carbocycles. The Morgan fingerprint density at radius 2 is 1.33 bits per heavy atom. The summed E-state index contributed by atoms with van der Waals surface area (Å²) < 4.78 is 11.4. The van der Waals surface area contributed by atoms with Gasteiger partial charge in [0.1, 0.15) is 0 Å². The first-order valence-electron chi connectivity index (χ1n) is 7.66. The standard InChI is InChI=1S/C16H32O2/c1-5-9-10-11-12-13-14-15-16(6-2,17-7-3)18-8-4/h6H,2,5,7-15H2,1,3-4H3. The monoisotopic (exact) mass is 256 g/mol. The van der Waals surface area contributed by atoms with E-state index in [2.05, 4.69) is 13.5 Å². The normalized spacial score (nSPS) is 11.7. The number of hydrogen-bond donors (Lipinski definition) is 0. The molecule has 0 fully saturated rings. The zero-order valence-corrected chi connectivity index (χ0v) is 12.7. The lowest BCUT2D eigenvalue weighted by molar-refractivity contribution is -0.203. The van der Waals surface area contributed by atoms with Crippen molar-refractivity contribution in [2.45, 2.75) is 77.9 Å². The first kappa shape index (κ1) is 17.7. The van der Waals surface area contributed by atoms with Gasteiger partial charge >= 0.3 is 0 Å². The van der Waals surface area contributed by atoms with Crippen molar-refractivity contribution >= 4 is 0 Å². The third-order valence-corrected chi connectivity index (χ3v) is 3.22. The molecule has 0 heterocycles. The van der Waals surface area contributed by atoms with Crippen LogP contribution in [0.5, 0.6) is 0 Å². The number of unbranched alkanes of at least 4 members (excludes halogenated alkanes) is 6. The van der Waals surface area contributed by atoms with E-state index in [0.29, 0.717) is 13.2 Å². The van der Waals surface area contributed by atoms with Crippen LogP contribution in [0.3, 0.4) is 0 Å². The van der Waals surface area contributed by atoms with Crippen molar-refractivity contribution in [1.29, 1.82) is 0 Å². The second kappa shape index (κ2) is 11.7. The molecule has 0 aromatic heterocycles. The first-order valence-corrected chi connectivity index (χ1v) is 7.66. The molecule has 0 aliphatic rings. The molecule has 0 aliphatic carbocycles. The van der Waals surface area contributed by atoms with Crippen LogP contribution >= 0.6 is 0 Å². The van der Waals surface area contributed by atoms with Gasteiger partial charge in [-0.05, 0) is 26.3 Å². The first-order chi connectivity index (χ1) is 8.74.